The van der Waals surface area contributed by atoms with Gasteiger partial charge in [-0.2, -0.15) is 15.0 Å². The van der Waals surface area contributed by atoms with Crippen LogP contribution in [0.15, 0.2) is 72.8 Å². The highest BCUT2D eigenvalue weighted by atomic mass is 16.5. The van der Waals surface area contributed by atoms with Gasteiger partial charge in [0.1, 0.15) is 11.8 Å². The summed E-state index contributed by atoms with van der Waals surface area (Å²) in [5.41, 5.74) is 4.65. The maximum absolute atomic E-state index is 12.8. The largest absolute Gasteiger partial charge is 0.494 e. The van der Waals surface area contributed by atoms with Crippen molar-refractivity contribution in [3.05, 3.63) is 83.9 Å². The molecule has 0 aliphatic rings. The number of ether oxygens (including phenoxy) is 1. The highest BCUT2D eigenvalue weighted by Gasteiger charge is 2.16. The molecule has 0 bridgehead atoms. The molecule has 4 aromatic rings. The molecule has 4 rings (SSSR count). The smallest absolute Gasteiger partial charge is 0.246 e. The Balaban J connectivity index is 1.51. The fourth-order valence-corrected chi connectivity index (χ4v) is 3.40. The Hall–Kier alpha value is -4.66. The SMILES string of the molecule is CCOc1ccc(NC(=O)[C@@H](C)Nc2nc(Nc3ccc(C)cc3)nc(Nc3ccc(C)cc3)n2)cc1. The first-order valence-corrected chi connectivity index (χ1v) is 12.1. The molecule has 190 valence electrons. The number of nitrogens with one attached hydrogen (secondary N) is 4. The van der Waals surface area contributed by atoms with E-state index < -0.39 is 6.04 Å². The predicted octanol–water partition coefficient (Wildman–Crippen LogP) is 5.81. The first kappa shape index (κ1) is 25.4. The number of rotatable bonds is 10. The van der Waals surface area contributed by atoms with E-state index in [1.165, 1.54) is 0 Å². The second-order valence-corrected chi connectivity index (χ2v) is 8.60. The maximum Gasteiger partial charge on any atom is 0.246 e. The van der Waals surface area contributed by atoms with E-state index in [2.05, 4.69) is 36.2 Å². The van der Waals surface area contributed by atoms with E-state index in [1.807, 2.05) is 81.4 Å². The number of aromatic nitrogens is 3. The van der Waals surface area contributed by atoms with E-state index in [1.54, 1.807) is 19.1 Å². The van der Waals surface area contributed by atoms with Crippen LogP contribution in [-0.4, -0.2) is 33.5 Å². The zero-order valence-corrected chi connectivity index (χ0v) is 21.4. The lowest BCUT2D eigenvalue weighted by Crippen LogP contribution is -2.32. The average molecular weight is 498 g/mol. The first-order valence-electron chi connectivity index (χ1n) is 12.1. The van der Waals surface area contributed by atoms with E-state index >= 15 is 0 Å². The number of hydrogen-bond acceptors (Lipinski definition) is 8. The second kappa shape index (κ2) is 11.9. The second-order valence-electron chi connectivity index (χ2n) is 8.60. The molecule has 1 aromatic heterocycles. The van der Waals surface area contributed by atoms with Crippen molar-refractivity contribution >= 4 is 40.8 Å². The molecule has 1 heterocycles. The highest BCUT2D eigenvalue weighted by Crippen LogP contribution is 2.20. The molecule has 0 unspecified atom stereocenters. The Morgan fingerprint density at radius 2 is 1.19 bits per heavy atom. The average Bonchev–Trinajstić information content (AvgIpc) is 2.88. The molecular formula is C28H31N7O2. The lowest BCUT2D eigenvalue weighted by molar-refractivity contribution is -0.116. The summed E-state index contributed by atoms with van der Waals surface area (Å²) in [4.78, 5) is 26.3. The molecule has 0 radical (unpaired) electrons. The van der Waals surface area contributed by atoms with Gasteiger partial charge in [0.25, 0.3) is 0 Å². The molecule has 1 amide bonds. The minimum atomic E-state index is -0.617. The Morgan fingerprint density at radius 3 is 1.68 bits per heavy atom. The first-order chi connectivity index (χ1) is 17.9. The van der Waals surface area contributed by atoms with Gasteiger partial charge < -0.3 is 26.0 Å². The van der Waals surface area contributed by atoms with Crippen LogP contribution >= 0.6 is 0 Å². The molecule has 37 heavy (non-hydrogen) atoms. The molecule has 0 aliphatic carbocycles. The number of anilines is 6. The van der Waals surface area contributed by atoms with Crippen molar-refractivity contribution in [2.45, 2.75) is 33.7 Å². The van der Waals surface area contributed by atoms with Crippen LogP contribution in [0.3, 0.4) is 0 Å². The normalized spacial score (nSPS) is 11.4. The number of nitrogens with zero attached hydrogens (tertiary/aromatic N) is 3. The summed E-state index contributed by atoms with van der Waals surface area (Å²) in [6, 6.07) is 22.4. The van der Waals surface area contributed by atoms with Crippen molar-refractivity contribution in [1.29, 1.82) is 0 Å². The summed E-state index contributed by atoms with van der Waals surface area (Å²) < 4.78 is 5.45. The monoisotopic (exact) mass is 497 g/mol. The third-order valence-electron chi connectivity index (χ3n) is 5.42. The molecule has 1 atom stereocenters. The van der Waals surface area contributed by atoms with Gasteiger partial charge in [0.2, 0.25) is 23.8 Å². The van der Waals surface area contributed by atoms with E-state index in [4.69, 9.17) is 4.74 Å². The number of carbonyl (C=O) groups excluding carboxylic acids is 1. The molecule has 0 aliphatic heterocycles. The minimum Gasteiger partial charge on any atom is -0.494 e. The van der Waals surface area contributed by atoms with Gasteiger partial charge in [-0.15, -0.1) is 0 Å². The van der Waals surface area contributed by atoms with Crippen LogP contribution in [0.4, 0.5) is 34.9 Å². The molecule has 3 aromatic carbocycles. The molecule has 0 spiro atoms. The van der Waals surface area contributed by atoms with Crippen LogP contribution in [0.1, 0.15) is 25.0 Å². The van der Waals surface area contributed by atoms with Crippen molar-refractivity contribution in [2.24, 2.45) is 0 Å². The molecular weight excluding hydrogens is 466 g/mol. The van der Waals surface area contributed by atoms with Crippen LogP contribution < -0.4 is 26.0 Å². The van der Waals surface area contributed by atoms with E-state index in [9.17, 15) is 4.79 Å². The van der Waals surface area contributed by atoms with Gasteiger partial charge in [-0.25, -0.2) is 0 Å². The summed E-state index contributed by atoms with van der Waals surface area (Å²) in [5, 5.41) is 12.4. The zero-order valence-electron chi connectivity index (χ0n) is 21.4. The van der Waals surface area contributed by atoms with Gasteiger partial charge >= 0.3 is 0 Å². The third-order valence-corrected chi connectivity index (χ3v) is 5.42. The Bertz CT molecular complexity index is 1260. The fourth-order valence-electron chi connectivity index (χ4n) is 3.40. The molecule has 9 heteroatoms. The summed E-state index contributed by atoms with van der Waals surface area (Å²) >= 11 is 0. The van der Waals surface area contributed by atoms with Gasteiger partial charge in [-0.3, -0.25) is 4.79 Å². The number of carbonyl (C=O) groups is 1. The molecule has 9 nitrogen and oxygen atoms in total. The van der Waals surface area contributed by atoms with E-state index in [0.717, 1.165) is 28.3 Å². The fraction of sp³-hybridized carbons (Fsp3) is 0.214. The van der Waals surface area contributed by atoms with Gasteiger partial charge in [0, 0.05) is 17.1 Å². The number of benzene rings is 3. The number of hydrogen-bond donors (Lipinski definition) is 4. The topological polar surface area (TPSA) is 113 Å². The Labute approximate surface area is 216 Å². The van der Waals surface area contributed by atoms with Gasteiger partial charge in [0.05, 0.1) is 6.61 Å². The van der Waals surface area contributed by atoms with Gasteiger partial charge in [-0.1, -0.05) is 35.4 Å². The van der Waals surface area contributed by atoms with Gasteiger partial charge in [0.15, 0.2) is 0 Å². The van der Waals surface area contributed by atoms with Crippen LogP contribution in [-0.2, 0) is 4.79 Å². The highest BCUT2D eigenvalue weighted by molar-refractivity contribution is 5.96. The van der Waals surface area contributed by atoms with E-state index in [-0.39, 0.29) is 11.9 Å². The maximum atomic E-state index is 12.8. The van der Waals surface area contributed by atoms with Crippen LogP contribution in [0.5, 0.6) is 5.75 Å². The van der Waals surface area contributed by atoms with Crippen LogP contribution in [0.2, 0.25) is 0 Å². The van der Waals surface area contributed by atoms with Crippen LogP contribution in [0.25, 0.3) is 0 Å². The molecule has 0 saturated carbocycles. The summed E-state index contributed by atoms with van der Waals surface area (Å²) in [7, 11) is 0. The van der Waals surface area contributed by atoms with Crippen molar-refractivity contribution in [2.75, 3.05) is 27.9 Å². The minimum absolute atomic E-state index is 0.231. The quantitative estimate of drug-likeness (QED) is 0.217. The predicted molar refractivity (Wildman–Crippen MR) is 148 cm³/mol. The summed E-state index contributed by atoms with van der Waals surface area (Å²) in [6.07, 6.45) is 0. The zero-order chi connectivity index (χ0) is 26.2. The lowest BCUT2D eigenvalue weighted by Gasteiger charge is -2.16. The Kier molecular flexibility index (Phi) is 8.15. The van der Waals surface area contributed by atoms with Crippen molar-refractivity contribution < 1.29 is 9.53 Å². The lowest BCUT2D eigenvalue weighted by atomic mass is 10.2. The summed E-state index contributed by atoms with van der Waals surface area (Å²) in [6.45, 7) is 8.30. The molecule has 0 fully saturated rings. The summed E-state index contributed by atoms with van der Waals surface area (Å²) in [5.74, 6) is 1.46. The molecule has 4 N–H and O–H groups in total. The number of aryl methyl sites for hydroxylation is 2. The number of amides is 1. The Morgan fingerprint density at radius 1 is 0.730 bits per heavy atom. The van der Waals surface area contributed by atoms with Crippen molar-refractivity contribution in [3.8, 4) is 5.75 Å². The van der Waals surface area contributed by atoms with Crippen molar-refractivity contribution in [3.63, 3.8) is 0 Å². The van der Waals surface area contributed by atoms with E-state index in [0.29, 0.717) is 24.2 Å². The standard InChI is InChI=1S/C28H31N7O2/c1-5-37-24-16-14-21(15-17-24)30-25(36)20(4)29-26-33-27(31-22-10-6-18(2)7-11-22)35-28(34-26)32-23-12-8-19(3)9-13-23/h6-17,20H,5H2,1-4H3,(H,30,36)(H3,29,31,32,33,34,35)/t20-/m1/s1. The third kappa shape index (κ3) is 7.41. The molecule has 0 saturated heterocycles. The van der Waals surface area contributed by atoms with Crippen molar-refractivity contribution in [1.82, 2.24) is 15.0 Å². The van der Waals surface area contributed by atoms with Gasteiger partial charge in [-0.05, 0) is 76.2 Å². The van der Waals surface area contributed by atoms with Crippen LogP contribution in [0, 0.1) is 13.8 Å².